The molecule has 0 spiro atoms. The molecule has 0 aromatic carbocycles. The molecule has 0 aromatic rings. The number of esters is 1. The number of carbonyl (C=O) groups is 2. The maximum absolute atomic E-state index is 12.4. The molecule has 0 bridgehead atoms. The summed E-state index contributed by atoms with van der Waals surface area (Å²) in [5, 5.41) is 23.1. The first-order chi connectivity index (χ1) is 29.0. The second-order valence-corrected chi connectivity index (χ2v) is 17.9. The predicted octanol–water partition coefficient (Wildman–Crippen LogP) is 15.5. The Hall–Kier alpha value is -1.66. The van der Waals surface area contributed by atoms with Gasteiger partial charge >= 0.3 is 5.97 Å². The standard InChI is InChI=1S/C53H101NO5/c1-3-5-7-9-11-13-15-16-24-27-31-35-39-43-47-53(58)59-48-44-40-36-32-28-25-22-20-18-17-19-21-23-26-30-34-38-42-46-52(57)54-50(49-55)51(56)45-41-37-33-29-14-12-10-8-6-4-2/h9,11,15-16,50-51,55-56H,3-8,10,12-14,17-49H2,1-2H3,(H,54,57)/b11-9-,16-15-. The van der Waals surface area contributed by atoms with Gasteiger partial charge in [0.05, 0.1) is 25.4 Å². The molecule has 59 heavy (non-hydrogen) atoms. The summed E-state index contributed by atoms with van der Waals surface area (Å²) in [7, 11) is 0. The van der Waals surface area contributed by atoms with Crippen molar-refractivity contribution in [2.24, 2.45) is 0 Å². The Kier molecular flexibility index (Phi) is 47.6. The third-order valence-electron chi connectivity index (χ3n) is 12.0. The Balaban J connectivity index is 3.39. The number of ether oxygens (including phenoxy) is 1. The van der Waals surface area contributed by atoms with Gasteiger partial charge in [-0.2, -0.15) is 0 Å². The van der Waals surface area contributed by atoms with E-state index in [9.17, 15) is 19.8 Å². The highest BCUT2D eigenvalue weighted by Gasteiger charge is 2.20. The van der Waals surface area contributed by atoms with E-state index in [0.29, 0.717) is 25.9 Å². The van der Waals surface area contributed by atoms with Crippen LogP contribution in [-0.2, 0) is 14.3 Å². The predicted molar refractivity (Wildman–Crippen MR) is 255 cm³/mol. The fourth-order valence-corrected chi connectivity index (χ4v) is 7.95. The lowest BCUT2D eigenvalue weighted by atomic mass is 10.0. The molecule has 2 unspecified atom stereocenters. The molecule has 0 saturated heterocycles. The van der Waals surface area contributed by atoms with Crippen LogP contribution in [0.15, 0.2) is 24.3 Å². The number of amides is 1. The topological polar surface area (TPSA) is 95.9 Å². The van der Waals surface area contributed by atoms with E-state index in [1.807, 2.05) is 0 Å². The molecule has 348 valence electrons. The molecule has 0 aliphatic rings. The van der Waals surface area contributed by atoms with E-state index in [2.05, 4.69) is 43.5 Å². The average molecular weight is 832 g/mol. The number of hydrogen-bond donors (Lipinski definition) is 3. The lowest BCUT2D eigenvalue weighted by molar-refractivity contribution is -0.143. The van der Waals surface area contributed by atoms with Crippen molar-refractivity contribution < 1.29 is 24.5 Å². The number of hydrogen-bond acceptors (Lipinski definition) is 5. The molecule has 0 aliphatic heterocycles. The van der Waals surface area contributed by atoms with E-state index in [1.165, 1.54) is 193 Å². The van der Waals surface area contributed by atoms with Crippen molar-refractivity contribution in [3.8, 4) is 0 Å². The Bertz CT molecular complexity index is 920. The third kappa shape index (κ3) is 45.7. The molecule has 0 fully saturated rings. The molecule has 0 aromatic heterocycles. The first-order valence-electron chi connectivity index (χ1n) is 26.1. The summed E-state index contributed by atoms with van der Waals surface area (Å²) in [4.78, 5) is 24.4. The first-order valence-corrected chi connectivity index (χ1v) is 26.1. The van der Waals surface area contributed by atoms with Crippen LogP contribution in [0.5, 0.6) is 0 Å². The monoisotopic (exact) mass is 832 g/mol. The van der Waals surface area contributed by atoms with Gasteiger partial charge in [0.2, 0.25) is 5.91 Å². The van der Waals surface area contributed by atoms with Crippen LogP contribution in [0.2, 0.25) is 0 Å². The van der Waals surface area contributed by atoms with Crippen LogP contribution < -0.4 is 5.32 Å². The number of rotatable bonds is 48. The minimum Gasteiger partial charge on any atom is -0.466 e. The van der Waals surface area contributed by atoms with Gasteiger partial charge in [-0.1, -0.05) is 237 Å². The maximum atomic E-state index is 12.4. The zero-order valence-electron chi connectivity index (χ0n) is 39.5. The zero-order chi connectivity index (χ0) is 43.0. The van der Waals surface area contributed by atoms with Crippen LogP contribution in [0, 0.1) is 0 Å². The largest absolute Gasteiger partial charge is 0.466 e. The van der Waals surface area contributed by atoms with Crippen LogP contribution in [0.4, 0.5) is 0 Å². The van der Waals surface area contributed by atoms with Crippen LogP contribution in [0.1, 0.15) is 277 Å². The number of nitrogens with one attached hydrogen (secondary N) is 1. The molecule has 0 rings (SSSR count). The molecular formula is C53H101NO5. The highest BCUT2D eigenvalue weighted by molar-refractivity contribution is 5.76. The average Bonchev–Trinajstić information content (AvgIpc) is 3.24. The molecule has 2 atom stereocenters. The number of aliphatic hydroxyl groups excluding tert-OH is 2. The molecule has 0 heterocycles. The van der Waals surface area contributed by atoms with Gasteiger partial charge in [-0.25, -0.2) is 0 Å². The van der Waals surface area contributed by atoms with Crippen molar-refractivity contribution in [3.05, 3.63) is 24.3 Å². The molecule has 3 N–H and O–H groups in total. The van der Waals surface area contributed by atoms with E-state index < -0.39 is 12.1 Å². The zero-order valence-corrected chi connectivity index (χ0v) is 39.5. The Labute approximate surface area is 367 Å². The summed E-state index contributed by atoms with van der Waals surface area (Å²) < 4.78 is 5.46. The summed E-state index contributed by atoms with van der Waals surface area (Å²) in [5.74, 6) is -0.0488. The Morgan fingerprint density at radius 1 is 0.475 bits per heavy atom. The Morgan fingerprint density at radius 3 is 1.34 bits per heavy atom. The summed E-state index contributed by atoms with van der Waals surface area (Å²) >= 11 is 0. The SMILES string of the molecule is CCCC/C=C\C/C=C\CCCCCCCC(=O)OCCCCCCCCCCCCCCCCCCCCC(=O)NC(CO)C(O)CCCCCCCCCCCC. The van der Waals surface area contributed by atoms with Gasteiger partial charge in [0.15, 0.2) is 0 Å². The van der Waals surface area contributed by atoms with E-state index >= 15 is 0 Å². The summed E-state index contributed by atoms with van der Waals surface area (Å²) in [5.41, 5.74) is 0. The van der Waals surface area contributed by atoms with Gasteiger partial charge in [0.1, 0.15) is 0 Å². The highest BCUT2D eigenvalue weighted by Crippen LogP contribution is 2.16. The van der Waals surface area contributed by atoms with Gasteiger partial charge in [-0.05, 0) is 51.4 Å². The second kappa shape index (κ2) is 49.0. The van der Waals surface area contributed by atoms with E-state index in [-0.39, 0.29) is 18.5 Å². The highest BCUT2D eigenvalue weighted by atomic mass is 16.5. The normalized spacial score (nSPS) is 12.8. The minimum absolute atomic E-state index is 0.00766. The van der Waals surface area contributed by atoms with Gasteiger partial charge in [0.25, 0.3) is 0 Å². The van der Waals surface area contributed by atoms with Gasteiger partial charge in [-0.15, -0.1) is 0 Å². The lowest BCUT2D eigenvalue weighted by Crippen LogP contribution is -2.45. The maximum Gasteiger partial charge on any atom is 0.305 e. The smallest absolute Gasteiger partial charge is 0.305 e. The quantitative estimate of drug-likeness (QED) is 0.0322. The number of allylic oxidation sites excluding steroid dienone is 4. The fourth-order valence-electron chi connectivity index (χ4n) is 7.95. The summed E-state index contributed by atoms with van der Waals surface area (Å²) in [6.45, 7) is 4.88. The summed E-state index contributed by atoms with van der Waals surface area (Å²) in [6, 6.07) is -0.542. The van der Waals surface area contributed by atoms with Crippen molar-refractivity contribution in [1.82, 2.24) is 5.32 Å². The first kappa shape index (κ1) is 57.3. The van der Waals surface area contributed by atoms with Crippen LogP contribution in [0.3, 0.4) is 0 Å². The van der Waals surface area contributed by atoms with E-state index in [4.69, 9.17) is 4.74 Å². The minimum atomic E-state index is -0.665. The number of unbranched alkanes of at least 4 members (excludes halogenated alkanes) is 33. The molecule has 6 nitrogen and oxygen atoms in total. The van der Waals surface area contributed by atoms with Crippen molar-refractivity contribution in [3.63, 3.8) is 0 Å². The van der Waals surface area contributed by atoms with Gasteiger partial charge in [0, 0.05) is 12.8 Å². The molecular weight excluding hydrogens is 731 g/mol. The molecule has 1 amide bonds. The van der Waals surface area contributed by atoms with Crippen molar-refractivity contribution >= 4 is 11.9 Å². The van der Waals surface area contributed by atoms with Crippen LogP contribution in [0.25, 0.3) is 0 Å². The fraction of sp³-hybridized carbons (Fsp3) is 0.887. The molecule has 0 radical (unpaired) electrons. The van der Waals surface area contributed by atoms with Gasteiger partial charge < -0.3 is 20.3 Å². The lowest BCUT2D eigenvalue weighted by Gasteiger charge is -2.22. The van der Waals surface area contributed by atoms with Crippen molar-refractivity contribution in [1.29, 1.82) is 0 Å². The van der Waals surface area contributed by atoms with E-state index in [1.54, 1.807) is 0 Å². The van der Waals surface area contributed by atoms with Crippen molar-refractivity contribution in [2.75, 3.05) is 13.2 Å². The van der Waals surface area contributed by atoms with Crippen molar-refractivity contribution in [2.45, 2.75) is 289 Å². The Morgan fingerprint density at radius 2 is 0.864 bits per heavy atom. The second-order valence-electron chi connectivity index (χ2n) is 17.9. The molecule has 0 aliphatic carbocycles. The van der Waals surface area contributed by atoms with Crippen LogP contribution in [-0.4, -0.2) is 47.4 Å². The number of aliphatic hydroxyl groups is 2. The third-order valence-corrected chi connectivity index (χ3v) is 12.0. The van der Waals surface area contributed by atoms with Gasteiger partial charge in [-0.3, -0.25) is 9.59 Å². The molecule has 0 saturated carbocycles. The van der Waals surface area contributed by atoms with E-state index in [0.717, 1.165) is 51.4 Å². The summed E-state index contributed by atoms with van der Waals surface area (Å²) in [6.07, 6.45) is 57.2. The molecule has 6 heteroatoms. The van der Waals surface area contributed by atoms with Crippen LogP contribution >= 0.6 is 0 Å². The number of carbonyl (C=O) groups excluding carboxylic acids is 2.